The molecule has 57 heavy (non-hydrogen) atoms. The van der Waals surface area contributed by atoms with Gasteiger partial charge in [-0.25, -0.2) is 4.79 Å². The third kappa shape index (κ3) is 38.1. The number of hydrogen-bond acceptors (Lipinski definition) is 6. The summed E-state index contributed by atoms with van der Waals surface area (Å²) < 4.78 is 17.2. The van der Waals surface area contributed by atoms with Crippen LogP contribution in [-0.4, -0.2) is 80.6 Å². The second kappa shape index (κ2) is 39.6. The van der Waals surface area contributed by atoms with Gasteiger partial charge >= 0.3 is 17.9 Å². The summed E-state index contributed by atoms with van der Waals surface area (Å²) in [4.78, 5) is 37.0. The number of esters is 2. The highest BCUT2D eigenvalue weighted by Gasteiger charge is 2.31. The molecule has 0 aromatic heterocycles. The van der Waals surface area contributed by atoms with Gasteiger partial charge in [0, 0.05) is 19.3 Å². The van der Waals surface area contributed by atoms with Crippen molar-refractivity contribution in [3.05, 3.63) is 72.9 Å². The molecule has 0 saturated heterocycles. The Morgan fingerprint density at radius 3 is 1.56 bits per heavy atom. The van der Waals surface area contributed by atoms with E-state index in [1.165, 1.54) is 70.6 Å². The van der Waals surface area contributed by atoms with Gasteiger partial charge in [-0.1, -0.05) is 145 Å². The Hall–Kier alpha value is -3.23. The van der Waals surface area contributed by atoms with Gasteiger partial charge in [0.25, 0.3) is 0 Å². The van der Waals surface area contributed by atoms with Crippen LogP contribution in [0.25, 0.3) is 0 Å². The number of unbranched alkanes of at least 4 members (excludes halogenated alkanes) is 14. The van der Waals surface area contributed by atoms with Gasteiger partial charge in [-0.05, 0) is 77.0 Å². The van der Waals surface area contributed by atoms with E-state index in [-0.39, 0.29) is 49.1 Å². The summed E-state index contributed by atoms with van der Waals surface area (Å²) in [6, 6.07) is -0.630. The van der Waals surface area contributed by atoms with E-state index in [0.717, 1.165) is 57.8 Å². The molecule has 0 fully saturated rings. The highest BCUT2D eigenvalue weighted by atomic mass is 16.6. The number of likely N-dealkylation sites (N-methyl/N-ethyl adjacent to an activating group) is 1. The van der Waals surface area contributed by atoms with Crippen LogP contribution < -0.4 is 0 Å². The Morgan fingerprint density at radius 2 is 1.00 bits per heavy atom. The number of carboxylic acid groups (broad SMARTS) is 1. The van der Waals surface area contributed by atoms with Crippen molar-refractivity contribution in [2.24, 2.45) is 0 Å². The second-order valence-corrected chi connectivity index (χ2v) is 16.0. The molecule has 0 heterocycles. The standard InChI is InChI=1S/C49H83NO7/c1-6-8-10-12-14-16-18-20-22-24-26-27-29-31-33-35-37-39-47(51)56-44-45(43-55-42-41-46(49(53)54)50(3,4)5)57-48(52)40-38-36-34-32-30-28-25-23-21-19-17-15-13-11-9-7-2/h14,16,20,22-23,25-28,30-31,33,45-46H,6-13,15,17-19,21,24,29,32,34-44H2,1-5H3/p+1/b16-14+,22-20+,25-23+,27-26+,30-28+,33-31+. The molecule has 0 aliphatic carbocycles. The molecule has 0 aliphatic heterocycles. The van der Waals surface area contributed by atoms with Gasteiger partial charge in [0.05, 0.1) is 34.4 Å². The number of hydrogen-bond donors (Lipinski definition) is 1. The second-order valence-electron chi connectivity index (χ2n) is 16.0. The SMILES string of the molecule is CCCCC/C=C/C/C=C/C/C=C/C/C=C/CCCC(=O)OCC(COCCC(C(=O)O)[N+](C)(C)C)OC(=O)CCCCC/C=C/C=C/CCCCCCCCC. The van der Waals surface area contributed by atoms with Crippen molar-refractivity contribution in [1.29, 1.82) is 0 Å². The first-order valence-corrected chi connectivity index (χ1v) is 22.5. The molecule has 0 amide bonds. The van der Waals surface area contributed by atoms with Crippen LogP contribution in [0.3, 0.4) is 0 Å². The van der Waals surface area contributed by atoms with Gasteiger partial charge < -0.3 is 23.8 Å². The fourth-order valence-electron chi connectivity index (χ4n) is 6.07. The molecule has 1 N–H and O–H groups in total. The van der Waals surface area contributed by atoms with E-state index in [1.54, 1.807) is 0 Å². The molecule has 2 atom stereocenters. The summed E-state index contributed by atoms with van der Waals surface area (Å²) in [5.41, 5.74) is 0. The molecular weight excluding hydrogens is 715 g/mol. The van der Waals surface area contributed by atoms with E-state index in [2.05, 4.69) is 86.8 Å². The Bertz CT molecular complexity index is 1160. The summed E-state index contributed by atoms with van der Waals surface area (Å²) in [6.45, 7) is 4.60. The normalized spacial score (nSPS) is 13.6. The minimum Gasteiger partial charge on any atom is -0.477 e. The lowest BCUT2D eigenvalue weighted by Gasteiger charge is -2.31. The molecule has 0 bridgehead atoms. The third-order valence-electron chi connectivity index (χ3n) is 9.61. The lowest BCUT2D eigenvalue weighted by Crippen LogP contribution is -2.50. The predicted octanol–water partition coefficient (Wildman–Crippen LogP) is 12.4. The average molecular weight is 799 g/mol. The smallest absolute Gasteiger partial charge is 0.362 e. The number of quaternary nitrogens is 1. The summed E-state index contributed by atoms with van der Waals surface area (Å²) >= 11 is 0. The quantitative estimate of drug-likeness (QED) is 0.0217. The van der Waals surface area contributed by atoms with Crippen molar-refractivity contribution >= 4 is 17.9 Å². The number of nitrogens with zero attached hydrogens (tertiary/aromatic N) is 1. The zero-order chi connectivity index (χ0) is 42.1. The van der Waals surface area contributed by atoms with E-state index < -0.39 is 18.1 Å². The van der Waals surface area contributed by atoms with Gasteiger partial charge in [-0.2, -0.15) is 0 Å². The Labute approximate surface area is 349 Å². The molecule has 326 valence electrons. The van der Waals surface area contributed by atoms with Crippen LogP contribution in [0.15, 0.2) is 72.9 Å². The van der Waals surface area contributed by atoms with E-state index in [9.17, 15) is 19.5 Å². The number of carboxylic acids is 1. The fraction of sp³-hybridized carbons (Fsp3) is 0.694. The van der Waals surface area contributed by atoms with Gasteiger partial charge in [0.2, 0.25) is 0 Å². The first kappa shape index (κ1) is 53.8. The Kier molecular flexibility index (Phi) is 37.3. The van der Waals surface area contributed by atoms with E-state index in [1.807, 2.05) is 21.1 Å². The largest absolute Gasteiger partial charge is 0.477 e. The number of rotatable bonds is 39. The van der Waals surface area contributed by atoms with Crippen molar-refractivity contribution in [3.8, 4) is 0 Å². The van der Waals surface area contributed by atoms with Crippen molar-refractivity contribution in [3.63, 3.8) is 0 Å². The van der Waals surface area contributed by atoms with Crippen LogP contribution in [0.1, 0.15) is 168 Å². The van der Waals surface area contributed by atoms with E-state index in [4.69, 9.17) is 14.2 Å². The van der Waals surface area contributed by atoms with Gasteiger partial charge in [0.15, 0.2) is 12.1 Å². The summed E-state index contributed by atoms with van der Waals surface area (Å²) in [5.74, 6) is -1.58. The summed E-state index contributed by atoms with van der Waals surface area (Å²) in [7, 11) is 5.49. The van der Waals surface area contributed by atoms with Crippen LogP contribution in [0.5, 0.6) is 0 Å². The minimum atomic E-state index is -0.889. The van der Waals surface area contributed by atoms with Crippen LogP contribution in [0.4, 0.5) is 0 Å². The number of allylic oxidation sites excluding steroid dienone is 12. The van der Waals surface area contributed by atoms with Crippen LogP contribution in [0, 0.1) is 0 Å². The van der Waals surface area contributed by atoms with Crippen molar-refractivity contribution in [1.82, 2.24) is 0 Å². The van der Waals surface area contributed by atoms with Crippen molar-refractivity contribution in [2.45, 2.75) is 180 Å². The summed E-state index contributed by atoms with van der Waals surface area (Å²) in [6.07, 6.45) is 49.5. The monoisotopic (exact) mass is 799 g/mol. The maximum absolute atomic E-state index is 12.7. The van der Waals surface area contributed by atoms with E-state index in [0.29, 0.717) is 12.8 Å². The predicted molar refractivity (Wildman–Crippen MR) is 238 cm³/mol. The van der Waals surface area contributed by atoms with Crippen molar-refractivity contribution < 1.29 is 38.2 Å². The molecule has 0 aliphatic rings. The third-order valence-corrected chi connectivity index (χ3v) is 9.61. The minimum absolute atomic E-state index is 0.0298. The summed E-state index contributed by atoms with van der Waals surface area (Å²) in [5, 5.41) is 9.62. The van der Waals surface area contributed by atoms with Crippen LogP contribution in [-0.2, 0) is 28.6 Å². The molecule has 0 radical (unpaired) electrons. The van der Waals surface area contributed by atoms with Crippen LogP contribution >= 0.6 is 0 Å². The molecule has 0 aromatic carbocycles. The molecule has 8 heteroatoms. The number of carbonyl (C=O) groups excluding carboxylic acids is 2. The maximum Gasteiger partial charge on any atom is 0.362 e. The lowest BCUT2D eigenvalue weighted by atomic mass is 10.1. The number of ether oxygens (including phenoxy) is 3. The average Bonchev–Trinajstić information content (AvgIpc) is 3.17. The molecular formula is C49H84NO7+. The molecule has 2 unspecified atom stereocenters. The molecule has 0 spiro atoms. The molecule has 0 rings (SSSR count). The molecule has 0 saturated carbocycles. The first-order chi connectivity index (χ1) is 27.6. The fourth-order valence-corrected chi connectivity index (χ4v) is 6.07. The molecule has 8 nitrogen and oxygen atoms in total. The Balaban J connectivity index is 4.50. The highest BCUT2D eigenvalue weighted by Crippen LogP contribution is 2.12. The zero-order valence-electron chi connectivity index (χ0n) is 37.0. The van der Waals surface area contributed by atoms with Crippen molar-refractivity contribution in [2.75, 3.05) is 41.0 Å². The number of carbonyl (C=O) groups is 3. The van der Waals surface area contributed by atoms with Gasteiger partial charge in [-0.15, -0.1) is 0 Å². The first-order valence-electron chi connectivity index (χ1n) is 22.5. The topological polar surface area (TPSA) is 99.1 Å². The highest BCUT2D eigenvalue weighted by molar-refractivity contribution is 5.72. The van der Waals surface area contributed by atoms with Crippen LogP contribution in [0.2, 0.25) is 0 Å². The Morgan fingerprint density at radius 1 is 0.544 bits per heavy atom. The number of aliphatic carboxylic acids is 1. The lowest BCUT2D eigenvalue weighted by molar-refractivity contribution is -0.887. The zero-order valence-corrected chi connectivity index (χ0v) is 37.0. The van der Waals surface area contributed by atoms with Gasteiger partial charge in [0.1, 0.15) is 6.61 Å². The maximum atomic E-state index is 12.7. The van der Waals surface area contributed by atoms with Gasteiger partial charge in [-0.3, -0.25) is 9.59 Å². The van der Waals surface area contributed by atoms with E-state index >= 15 is 0 Å². The molecule has 0 aromatic rings.